The van der Waals surface area contributed by atoms with Gasteiger partial charge in [0.25, 0.3) is 0 Å². The summed E-state index contributed by atoms with van der Waals surface area (Å²) in [5, 5.41) is 9.55. The van der Waals surface area contributed by atoms with Crippen molar-refractivity contribution in [3.05, 3.63) is 28.5 Å². The third-order valence-electron chi connectivity index (χ3n) is 1.59. The van der Waals surface area contributed by atoms with Crippen LogP contribution in [0.3, 0.4) is 0 Å². The molecule has 1 aromatic rings. The maximum absolute atomic E-state index is 9.55. The van der Waals surface area contributed by atoms with Crippen molar-refractivity contribution in [3.63, 3.8) is 0 Å². The predicted molar refractivity (Wildman–Crippen MR) is 50.6 cm³/mol. The molecule has 0 bridgehead atoms. The number of nitrogens with two attached hydrogens (primary N) is 1. The second-order valence-electron chi connectivity index (χ2n) is 2.48. The van der Waals surface area contributed by atoms with Crippen LogP contribution in [0.15, 0.2) is 22.9 Å². The highest BCUT2D eigenvalue weighted by atomic mass is 79.9. The number of aromatic nitrogens is 1. The molecule has 0 fully saturated rings. The molecule has 0 aliphatic heterocycles. The minimum atomic E-state index is -0.516. The van der Waals surface area contributed by atoms with Crippen LogP contribution in [0.25, 0.3) is 0 Å². The van der Waals surface area contributed by atoms with Crippen LogP contribution < -0.4 is 5.73 Å². The van der Waals surface area contributed by atoms with Crippen LogP contribution in [0.4, 0.5) is 0 Å². The lowest BCUT2D eigenvalue weighted by molar-refractivity contribution is 0.169. The van der Waals surface area contributed by atoms with Crippen molar-refractivity contribution >= 4 is 15.9 Å². The Hall–Kier alpha value is -0.450. The van der Waals surface area contributed by atoms with E-state index in [0.29, 0.717) is 17.6 Å². The zero-order chi connectivity index (χ0) is 8.97. The number of aliphatic hydroxyl groups is 1. The van der Waals surface area contributed by atoms with E-state index in [0.717, 1.165) is 5.56 Å². The molecule has 0 aromatic carbocycles. The number of nitrogens with zero attached hydrogens (tertiary/aromatic N) is 1. The van der Waals surface area contributed by atoms with E-state index < -0.39 is 6.10 Å². The summed E-state index contributed by atoms with van der Waals surface area (Å²) < 4.78 is 0.686. The van der Waals surface area contributed by atoms with Gasteiger partial charge in [-0.05, 0) is 35.0 Å². The van der Waals surface area contributed by atoms with Gasteiger partial charge in [-0.1, -0.05) is 6.07 Å². The zero-order valence-corrected chi connectivity index (χ0v) is 8.16. The van der Waals surface area contributed by atoms with E-state index in [-0.39, 0.29) is 0 Å². The van der Waals surface area contributed by atoms with E-state index in [1.54, 1.807) is 12.3 Å². The monoisotopic (exact) mass is 230 g/mol. The Kier molecular flexibility index (Phi) is 3.65. The smallest absolute Gasteiger partial charge is 0.111 e. The Morgan fingerprint density at radius 1 is 1.67 bits per heavy atom. The number of hydrogen-bond acceptors (Lipinski definition) is 3. The average molecular weight is 231 g/mol. The lowest BCUT2D eigenvalue weighted by Crippen LogP contribution is -2.07. The molecular weight excluding hydrogens is 220 g/mol. The summed E-state index contributed by atoms with van der Waals surface area (Å²) in [5.41, 5.74) is 6.12. The fourth-order valence-corrected chi connectivity index (χ4v) is 1.48. The Bertz CT molecular complexity index is 255. The van der Waals surface area contributed by atoms with Crippen LogP contribution in [0.1, 0.15) is 18.1 Å². The van der Waals surface area contributed by atoms with Gasteiger partial charge in [0.05, 0.1) is 6.10 Å². The van der Waals surface area contributed by atoms with Crippen LogP contribution in [0.2, 0.25) is 0 Å². The van der Waals surface area contributed by atoms with Gasteiger partial charge in [0, 0.05) is 11.8 Å². The molecule has 0 amide bonds. The highest BCUT2D eigenvalue weighted by Crippen LogP contribution is 2.22. The van der Waals surface area contributed by atoms with E-state index in [1.807, 2.05) is 6.07 Å². The molecule has 4 heteroatoms. The Morgan fingerprint density at radius 2 is 2.42 bits per heavy atom. The molecule has 0 radical (unpaired) electrons. The van der Waals surface area contributed by atoms with Gasteiger partial charge < -0.3 is 10.8 Å². The first-order valence-electron chi connectivity index (χ1n) is 3.74. The minimum Gasteiger partial charge on any atom is -0.388 e. The summed E-state index contributed by atoms with van der Waals surface area (Å²) in [5.74, 6) is 0. The van der Waals surface area contributed by atoms with Crippen molar-refractivity contribution in [2.75, 3.05) is 6.54 Å². The topological polar surface area (TPSA) is 59.1 Å². The molecule has 3 nitrogen and oxygen atoms in total. The lowest BCUT2D eigenvalue weighted by atomic mass is 10.1. The molecule has 66 valence electrons. The van der Waals surface area contributed by atoms with Crippen molar-refractivity contribution in [1.29, 1.82) is 0 Å². The third kappa shape index (κ3) is 2.27. The predicted octanol–water partition coefficient (Wildman–Crippen LogP) is 1.23. The van der Waals surface area contributed by atoms with E-state index in [1.165, 1.54) is 0 Å². The first-order valence-corrected chi connectivity index (χ1v) is 4.53. The van der Waals surface area contributed by atoms with Crippen molar-refractivity contribution in [3.8, 4) is 0 Å². The zero-order valence-electron chi connectivity index (χ0n) is 6.57. The normalized spacial score (nSPS) is 12.9. The van der Waals surface area contributed by atoms with Crippen molar-refractivity contribution < 1.29 is 5.11 Å². The van der Waals surface area contributed by atoms with Gasteiger partial charge in [-0.25, -0.2) is 4.98 Å². The molecule has 0 aliphatic carbocycles. The van der Waals surface area contributed by atoms with Gasteiger partial charge in [0.15, 0.2) is 0 Å². The van der Waals surface area contributed by atoms with Crippen LogP contribution in [-0.4, -0.2) is 16.6 Å². The molecule has 1 atom stereocenters. The molecule has 1 rings (SSSR count). The number of aliphatic hydroxyl groups excluding tert-OH is 1. The number of halogens is 1. The summed E-state index contributed by atoms with van der Waals surface area (Å²) in [6.07, 6.45) is 1.71. The first kappa shape index (κ1) is 9.64. The maximum Gasteiger partial charge on any atom is 0.111 e. The van der Waals surface area contributed by atoms with E-state index in [2.05, 4.69) is 20.9 Å². The van der Waals surface area contributed by atoms with E-state index in [4.69, 9.17) is 5.73 Å². The van der Waals surface area contributed by atoms with Gasteiger partial charge in [-0.2, -0.15) is 0 Å². The summed E-state index contributed by atoms with van der Waals surface area (Å²) in [7, 11) is 0. The minimum absolute atomic E-state index is 0.475. The summed E-state index contributed by atoms with van der Waals surface area (Å²) >= 11 is 3.25. The van der Waals surface area contributed by atoms with Crippen LogP contribution in [0, 0.1) is 0 Å². The molecule has 0 spiro atoms. The van der Waals surface area contributed by atoms with Crippen molar-refractivity contribution in [2.45, 2.75) is 12.5 Å². The maximum atomic E-state index is 9.55. The van der Waals surface area contributed by atoms with Crippen LogP contribution in [-0.2, 0) is 0 Å². The summed E-state index contributed by atoms with van der Waals surface area (Å²) in [6, 6.07) is 3.62. The van der Waals surface area contributed by atoms with Gasteiger partial charge in [0.2, 0.25) is 0 Å². The molecule has 12 heavy (non-hydrogen) atoms. The van der Waals surface area contributed by atoms with Gasteiger partial charge >= 0.3 is 0 Å². The molecule has 3 N–H and O–H groups in total. The Labute approximate surface area is 79.7 Å². The Morgan fingerprint density at radius 3 is 3.00 bits per heavy atom. The van der Waals surface area contributed by atoms with Gasteiger partial charge in [-0.15, -0.1) is 0 Å². The van der Waals surface area contributed by atoms with Gasteiger partial charge in [0.1, 0.15) is 4.60 Å². The summed E-state index contributed by atoms with van der Waals surface area (Å²) in [4.78, 5) is 4.00. The van der Waals surface area contributed by atoms with Crippen LogP contribution in [0.5, 0.6) is 0 Å². The van der Waals surface area contributed by atoms with Crippen molar-refractivity contribution in [1.82, 2.24) is 4.98 Å². The van der Waals surface area contributed by atoms with E-state index >= 15 is 0 Å². The fraction of sp³-hybridized carbons (Fsp3) is 0.375. The van der Waals surface area contributed by atoms with Crippen molar-refractivity contribution in [2.24, 2.45) is 5.73 Å². The second-order valence-corrected chi connectivity index (χ2v) is 3.23. The SMILES string of the molecule is NCC[C@H](O)c1cccnc1Br. The molecule has 1 aromatic heterocycles. The number of pyridine rings is 1. The Balaban J connectivity index is 2.79. The quantitative estimate of drug-likeness (QED) is 0.769. The number of rotatable bonds is 3. The summed E-state index contributed by atoms with van der Waals surface area (Å²) in [6.45, 7) is 0.475. The molecule has 1 heterocycles. The molecular formula is C8H11BrN2O. The second kappa shape index (κ2) is 4.54. The third-order valence-corrected chi connectivity index (χ3v) is 2.25. The molecule has 0 aliphatic rings. The molecule has 0 saturated heterocycles. The van der Waals surface area contributed by atoms with E-state index in [9.17, 15) is 5.11 Å². The standard InChI is InChI=1S/C8H11BrN2O/c9-8-6(2-1-5-11-8)7(12)3-4-10/h1-2,5,7,12H,3-4,10H2/t7-/m0/s1. The number of hydrogen-bond donors (Lipinski definition) is 2. The highest BCUT2D eigenvalue weighted by Gasteiger charge is 2.09. The van der Waals surface area contributed by atoms with Gasteiger partial charge in [-0.3, -0.25) is 0 Å². The highest BCUT2D eigenvalue weighted by molar-refractivity contribution is 9.10. The first-order chi connectivity index (χ1) is 5.75. The largest absolute Gasteiger partial charge is 0.388 e. The average Bonchev–Trinajstić information content (AvgIpc) is 2.05. The molecule has 0 saturated carbocycles. The molecule has 0 unspecified atom stereocenters. The fourth-order valence-electron chi connectivity index (χ4n) is 0.960. The lowest BCUT2D eigenvalue weighted by Gasteiger charge is -2.09. The van der Waals surface area contributed by atoms with Crippen LogP contribution >= 0.6 is 15.9 Å².